The number of nitrogens with zero attached hydrogens (tertiary/aromatic N) is 3. The van der Waals surface area contributed by atoms with Crippen LogP contribution in [0.2, 0.25) is 5.02 Å². The van der Waals surface area contributed by atoms with E-state index in [1.807, 2.05) is 7.05 Å². The highest BCUT2D eigenvalue weighted by Crippen LogP contribution is 2.22. The zero-order chi connectivity index (χ0) is 21.2. The molecular weight excluding hydrogens is 417 g/mol. The Morgan fingerprint density at radius 2 is 1.79 bits per heavy atom. The summed E-state index contributed by atoms with van der Waals surface area (Å²) in [5.41, 5.74) is 0.432. The van der Waals surface area contributed by atoms with Crippen LogP contribution < -0.4 is 0 Å². The summed E-state index contributed by atoms with van der Waals surface area (Å²) in [5, 5.41) is 0.232. The van der Waals surface area contributed by atoms with Crippen molar-refractivity contribution in [2.24, 2.45) is 0 Å². The summed E-state index contributed by atoms with van der Waals surface area (Å²) >= 11 is 6.04. The minimum atomic E-state index is -3.68. The number of likely N-dealkylation sites (N-methyl/N-ethyl adjacent to an activating group) is 1. The van der Waals surface area contributed by atoms with E-state index in [0.717, 1.165) is 0 Å². The van der Waals surface area contributed by atoms with Gasteiger partial charge in [0.15, 0.2) is 0 Å². The number of halogens is 2. The summed E-state index contributed by atoms with van der Waals surface area (Å²) in [6.45, 7) is 2.10. The number of benzene rings is 2. The highest BCUT2D eigenvalue weighted by atomic mass is 35.5. The number of hydrogen-bond acceptors (Lipinski definition) is 4. The summed E-state index contributed by atoms with van der Waals surface area (Å²) in [6, 6.07) is 10.3. The van der Waals surface area contributed by atoms with E-state index < -0.39 is 21.7 Å². The van der Waals surface area contributed by atoms with Crippen molar-refractivity contribution in [3.8, 4) is 0 Å². The number of piperazine rings is 1. The van der Waals surface area contributed by atoms with Crippen LogP contribution in [-0.4, -0.2) is 68.7 Å². The van der Waals surface area contributed by atoms with Crippen LogP contribution in [0.25, 0.3) is 0 Å². The second-order valence-corrected chi connectivity index (χ2v) is 9.44. The lowest BCUT2D eigenvalue weighted by atomic mass is 10.1. The molecule has 0 saturated carbocycles. The second kappa shape index (κ2) is 8.79. The van der Waals surface area contributed by atoms with Crippen LogP contribution in [0.4, 0.5) is 4.39 Å². The van der Waals surface area contributed by atoms with Crippen LogP contribution in [0.15, 0.2) is 47.4 Å². The van der Waals surface area contributed by atoms with Gasteiger partial charge in [0.05, 0.1) is 4.90 Å². The molecule has 1 heterocycles. The first-order valence-electron chi connectivity index (χ1n) is 9.17. The molecule has 1 aliphatic rings. The van der Waals surface area contributed by atoms with Crippen molar-refractivity contribution in [2.45, 2.75) is 11.4 Å². The Bertz CT molecular complexity index is 988. The van der Waals surface area contributed by atoms with Gasteiger partial charge < -0.3 is 9.80 Å². The minimum Gasteiger partial charge on any atom is -0.337 e. The minimum absolute atomic E-state index is 0.0280. The molecule has 3 rings (SSSR count). The number of amides is 1. The third-order valence-electron chi connectivity index (χ3n) is 4.98. The predicted octanol–water partition coefficient (Wildman–Crippen LogP) is 2.69. The molecule has 1 amide bonds. The maximum atomic E-state index is 14.0. The molecule has 156 valence electrons. The highest BCUT2D eigenvalue weighted by molar-refractivity contribution is 7.89. The van der Waals surface area contributed by atoms with E-state index in [1.54, 1.807) is 18.2 Å². The Kier molecular flexibility index (Phi) is 6.58. The first kappa shape index (κ1) is 21.7. The van der Waals surface area contributed by atoms with E-state index in [0.29, 0.717) is 26.2 Å². The first-order valence-corrected chi connectivity index (χ1v) is 11.0. The number of sulfonamides is 1. The van der Waals surface area contributed by atoms with E-state index in [9.17, 15) is 17.6 Å². The van der Waals surface area contributed by atoms with Crippen molar-refractivity contribution in [1.82, 2.24) is 14.1 Å². The third-order valence-corrected chi connectivity index (χ3v) is 7.23. The zero-order valence-electron chi connectivity index (χ0n) is 16.3. The van der Waals surface area contributed by atoms with Gasteiger partial charge in [-0.3, -0.25) is 4.79 Å². The van der Waals surface area contributed by atoms with Crippen molar-refractivity contribution in [2.75, 3.05) is 40.3 Å². The molecular formula is C20H23ClFN3O3S. The average molecular weight is 440 g/mol. The summed E-state index contributed by atoms with van der Waals surface area (Å²) in [5.74, 6) is -0.914. The van der Waals surface area contributed by atoms with E-state index in [2.05, 4.69) is 4.90 Å². The first-order chi connectivity index (χ1) is 13.7. The molecule has 0 unspecified atom stereocenters. The molecule has 0 aromatic heterocycles. The molecule has 9 heteroatoms. The smallest absolute Gasteiger partial charge is 0.253 e. The molecule has 6 nitrogen and oxygen atoms in total. The Balaban J connectivity index is 1.80. The van der Waals surface area contributed by atoms with E-state index >= 15 is 0 Å². The average Bonchev–Trinajstić information content (AvgIpc) is 2.70. The fourth-order valence-electron chi connectivity index (χ4n) is 3.18. The van der Waals surface area contributed by atoms with Crippen LogP contribution in [0.5, 0.6) is 0 Å². The second-order valence-electron chi connectivity index (χ2n) is 7.10. The number of carbonyl (C=O) groups is 1. The standard InChI is InChI=1S/C20H23ClFN3O3S/c1-23-9-11-25(12-10-23)29(27,28)16-6-3-5-15(13-16)20(26)24(2)14-17-18(21)7-4-8-19(17)22/h3-8,13H,9-12,14H2,1-2H3. The van der Waals surface area contributed by atoms with Crippen molar-refractivity contribution in [1.29, 1.82) is 0 Å². The summed E-state index contributed by atoms with van der Waals surface area (Å²) in [7, 11) is -0.219. The highest BCUT2D eigenvalue weighted by Gasteiger charge is 2.28. The van der Waals surface area contributed by atoms with E-state index in [4.69, 9.17) is 11.6 Å². The van der Waals surface area contributed by atoms with Crippen LogP contribution in [-0.2, 0) is 16.6 Å². The van der Waals surface area contributed by atoms with Crippen LogP contribution in [0, 0.1) is 5.82 Å². The van der Waals surface area contributed by atoms with Gasteiger partial charge in [0.1, 0.15) is 5.82 Å². The van der Waals surface area contributed by atoms with E-state index in [1.165, 1.54) is 40.5 Å². The lowest BCUT2D eigenvalue weighted by Crippen LogP contribution is -2.47. The molecule has 0 radical (unpaired) electrons. The Morgan fingerprint density at radius 1 is 1.14 bits per heavy atom. The van der Waals surface area contributed by atoms with E-state index in [-0.39, 0.29) is 27.6 Å². The van der Waals surface area contributed by atoms with Crippen molar-refractivity contribution < 1.29 is 17.6 Å². The molecule has 1 saturated heterocycles. The molecule has 1 aliphatic heterocycles. The third kappa shape index (κ3) is 4.78. The van der Waals surface area contributed by atoms with Gasteiger partial charge in [-0.1, -0.05) is 23.7 Å². The van der Waals surface area contributed by atoms with Gasteiger partial charge in [0, 0.05) is 55.9 Å². The SMILES string of the molecule is CN1CCN(S(=O)(=O)c2cccc(C(=O)N(C)Cc3c(F)cccc3Cl)c2)CC1. The number of carbonyl (C=O) groups excluding carboxylic acids is 1. The molecule has 0 N–H and O–H groups in total. The normalized spacial score (nSPS) is 16.0. The van der Waals surface area contributed by atoms with Crippen LogP contribution in [0.3, 0.4) is 0 Å². The molecule has 0 spiro atoms. The van der Waals surface area contributed by atoms with Crippen molar-refractivity contribution >= 4 is 27.5 Å². The molecule has 2 aromatic carbocycles. The molecule has 1 fully saturated rings. The maximum absolute atomic E-state index is 14.0. The molecule has 0 aliphatic carbocycles. The number of hydrogen-bond donors (Lipinski definition) is 0. The van der Waals surface area contributed by atoms with Crippen LogP contribution in [0.1, 0.15) is 15.9 Å². The summed E-state index contributed by atoms with van der Waals surface area (Å²) in [4.78, 5) is 16.3. The van der Waals surface area contributed by atoms with Gasteiger partial charge in [-0.05, 0) is 37.4 Å². The summed E-state index contributed by atoms with van der Waals surface area (Å²) in [6.07, 6.45) is 0. The molecule has 0 atom stereocenters. The Morgan fingerprint density at radius 3 is 2.45 bits per heavy atom. The topological polar surface area (TPSA) is 60.9 Å². The Hall–Kier alpha value is -2.00. The van der Waals surface area contributed by atoms with Crippen molar-refractivity contribution in [3.63, 3.8) is 0 Å². The van der Waals surface area contributed by atoms with Gasteiger partial charge in [-0.2, -0.15) is 4.31 Å². The Labute approximate surface area is 175 Å². The lowest BCUT2D eigenvalue weighted by Gasteiger charge is -2.31. The predicted molar refractivity (Wildman–Crippen MR) is 110 cm³/mol. The van der Waals surface area contributed by atoms with Crippen molar-refractivity contribution in [3.05, 3.63) is 64.4 Å². The van der Waals surface area contributed by atoms with Gasteiger partial charge >= 0.3 is 0 Å². The van der Waals surface area contributed by atoms with Crippen LogP contribution >= 0.6 is 11.6 Å². The fraction of sp³-hybridized carbons (Fsp3) is 0.350. The van der Waals surface area contributed by atoms with Gasteiger partial charge in [-0.15, -0.1) is 0 Å². The number of rotatable bonds is 5. The molecule has 0 bridgehead atoms. The molecule has 29 heavy (non-hydrogen) atoms. The largest absolute Gasteiger partial charge is 0.337 e. The van der Waals surface area contributed by atoms with Gasteiger partial charge in [0.25, 0.3) is 5.91 Å². The lowest BCUT2D eigenvalue weighted by molar-refractivity contribution is 0.0783. The molecule has 2 aromatic rings. The van der Waals surface area contributed by atoms with Gasteiger partial charge in [-0.25, -0.2) is 12.8 Å². The fourth-order valence-corrected chi connectivity index (χ4v) is 4.87. The monoisotopic (exact) mass is 439 g/mol. The maximum Gasteiger partial charge on any atom is 0.253 e. The zero-order valence-corrected chi connectivity index (χ0v) is 17.9. The summed E-state index contributed by atoms with van der Waals surface area (Å²) < 4.78 is 41.3. The van der Waals surface area contributed by atoms with Gasteiger partial charge in [0.2, 0.25) is 10.0 Å². The quantitative estimate of drug-likeness (QED) is 0.718.